The molecule has 1 amide bonds. The van der Waals surface area contributed by atoms with Gasteiger partial charge < -0.3 is 11.1 Å². The third kappa shape index (κ3) is 2.16. The van der Waals surface area contributed by atoms with Crippen LogP contribution in [0.4, 0.5) is 5.82 Å². The number of carbonyl (C=O) groups excluding carboxylic acids is 1. The molecule has 1 atom stereocenters. The fourth-order valence-electron chi connectivity index (χ4n) is 1.65. The lowest BCUT2D eigenvalue weighted by atomic mass is 10.2. The van der Waals surface area contributed by atoms with Gasteiger partial charge in [0.1, 0.15) is 11.4 Å². The zero-order valence-electron chi connectivity index (χ0n) is 8.43. The number of nitrogens with two attached hydrogens (primary N) is 1. The number of sulfone groups is 1. The summed E-state index contributed by atoms with van der Waals surface area (Å²) in [4.78, 5) is 11.6. The van der Waals surface area contributed by atoms with Gasteiger partial charge in [0.25, 0.3) is 5.91 Å². The lowest BCUT2D eigenvalue weighted by Crippen LogP contribution is -2.35. The molecule has 1 aliphatic heterocycles. The minimum absolute atomic E-state index is 0.00348. The second-order valence-corrected chi connectivity index (χ2v) is 6.00. The summed E-state index contributed by atoms with van der Waals surface area (Å²) in [5.41, 5.74) is 5.71. The molecule has 1 saturated heterocycles. The molecular weight excluding hydrogens is 232 g/mol. The predicted molar refractivity (Wildman–Crippen MR) is 57.5 cm³/mol. The van der Waals surface area contributed by atoms with E-state index in [1.807, 2.05) is 0 Å². The van der Waals surface area contributed by atoms with Crippen molar-refractivity contribution in [2.45, 2.75) is 12.5 Å². The van der Waals surface area contributed by atoms with E-state index >= 15 is 0 Å². The lowest BCUT2D eigenvalue weighted by molar-refractivity contribution is 0.0942. The van der Waals surface area contributed by atoms with Crippen LogP contribution in [0.3, 0.4) is 0 Å². The average molecular weight is 244 g/mol. The van der Waals surface area contributed by atoms with E-state index in [1.54, 1.807) is 0 Å². The van der Waals surface area contributed by atoms with Crippen molar-refractivity contribution >= 4 is 21.6 Å². The van der Waals surface area contributed by atoms with Crippen LogP contribution in [0.15, 0.2) is 6.20 Å². The number of rotatable bonds is 2. The number of anilines is 1. The van der Waals surface area contributed by atoms with E-state index in [2.05, 4.69) is 15.5 Å². The third-order valence-corrected chi connectivity index (χ3v) is 4.25. The maximum Gasteiger partial charge on any atom is 0.256 e. The van der Waals surface area contributed by atoms with E-state index in [0.717, 1.165) is 0 Å². The third-order valence-electron chi connectivity index (χ3n) is 2.48. The van der Waals surface area contributed by atoms with Gasteiger partial charge in [-0.25, -0.2) is 8.42 Å². The average Bonchev–Trinajstić information content (AvgIpc) is 2.72. The van der Waals surface area contributed by atoms with E-state index in [-0.39, 0.29) is 28.9 Å². The summed E-state index contributed by atoms with van der Waals surface area (Å²) in [5, 5.41) is 8.68. The number of nitrogen functional groups attached to an aromatic ring is 1. The Labute approximate surface area is 92.3 Å². The largest absolute Gasteiger partial charge is 0.383 e. The number of H-pyrrole nitrogens is 1. The van der Waals surface area contributed by atoms with Crippen molar-refractivity contribution < 1.29 is 13.2 Å². The van der Waals surface area contributed by atoms with Crippen LogP contribution < -0.4 is 11.1 Å². The van der Waals surface area contributed by atoms with Crippen LogP contribution in [0.1, 0.15) is 16.8 Å². The highest BCUT2D eigenvalue weighted by Crippen LogP contribution is 2.13. The maximum absolute atomic E-state index is 11.6. The first-order chi connectivity index (χ1) is 7.48. The van der Waals surface area contributed by atoms with Gasteiger partial charge in [0.2, 0.25) is 0 Å². The monoisotopic (exact) mass is 244 g/mol. The van der Waals surface area contributed by atoms with Crippen molar-refractivity contribution in [3.8, 4) is 0 Å². The highest BCUT2D eigenvalue weighted by atomic mass is 32.2. The standard InChI is InChI=1S/C8H12N4O3S/c9-7-6(3-10-12-7)8(13)11-5-1-2-16(14,15)4-5/h3,5H,1-2,4H2,(H,11,13)(H3,9,10,12). The second kappa shape index (κ2) is 3.78. The first-order valence-corrected chi connectivity index (χ1v) is 6.60. The van der Waals surface area contributed by atoms with E-state index in [0.29, 0.717) is 6.42 Å². The van der Waals surface area contributed by atoms with Gasteiger partial charge in [-0.2, -0.15) is 5.10 Å². The fraction of sp³-hybridized carbons (Fsp3) is 0.500. The molecule has 88 valence electrons. The molecule has 1 unspecified atom stereocenters. The first kappa shape index (κ1) is 10.9. The molecule has 2 rings (SSSR count). The van der Waals surface area contributed by atoms with Gasteiger partial charge in [0.05, 0.1) is 17.7 Å². The maximum atomic E-state index is 11.6. The van der Waals surface area contributed by atoms with Gasteiger partial charge in [-0.05, 0) is 6.42 Å². The van der Waals surface area contributed by atoms with Crippen LogP contribution in [0.2, 0.25) is 0 Å². The van der Waals surface area contributed by atoms with Crippen molar-refractivity contribution in [1.29, 1.82) is 0 Å². The van der Waals surface area contributed by atoms with Crippen molar-refractivity contribution in [2.75, 3.05) is 17.2 Å². The van der Waals surface area contributed by atoms with Gasteiger partial charge in [0.15, 0.2) is 9.84 Å². The summed E-state index contributed by atoms with van der Waals surface area (Å²) in [6.07, 6.45) is 1.76. The Bertz CT molecular complexity index is 507. The van der Waals surface area contributed by atoms with Gasteiger partial charge in [-0.15, -0.1) is 0 Å². The molecule has 0 saturated carbocycles. The zero-order chi connectivity index (χ0) is 11.8. The number of aromatic nitrogens is 2. The van der Waals surface area contributed by atoms with E-state index in [1.165, 1.54) is 6.20 Å². The Kier molecular flexibility index (Phi) is 2.58. The molecular formula is C8H12N4O3S. The van der Waals surface area contributed by atoms with Crippen LogP contribution in [-0.2, 0) is 9.84 Å². The Hall–Kier alpha value is -1.57. The number of nitrogens with zero attached hydrogens (tertiary/aromatic N) is 1. The highest BCUT2D eigenvalue weighted by molar-refractivity contribution is 7.91. The van der Waals surface area contributed by atoms with Gasteiger partial charge in [0, 0.05) is 6.04 Å². The molecule has 0 radical (unpaired) electrons. The zero-order valence-corrected chi connectivity index (χ0v) is 9.25. The first-order valence-electron chi connectivity index (χ1n) is 4.78. The summed E-state index contributed by atoms with van der Waals surface area (Å²) in [5.74, 6) is -0.0957. The molecule has 8 heteroatoms. The topological polar surface area (TPSA) is 118 Å². The van der Waals surface area contributed by atoms with Gasteiger partial charge in [-0.3, -0.25) is 9.89 Å². The molecule has 0 spiro atoms. The number of amides is 1. The Morgan fingerprint density at radius 2 is 2.38 bits per heavy atom. The summed E-state index contributed by atoms with van der Waals surface area (Å²) in [7, 11) is -2.99. The van der Waals surface area contributed by atoms with Crippen LogP contribution >= 0.6 is 0 Å². The molecule has 1 aromatic heterocycles. The van der Waals surface area contributed by atoms with E-state index in [4.69, 9.17) is 5.73 Å². The molecule has 1 aromatic rings. The van der Waals surface area contributed by atoms with Crippen molar-refractivity contribution in [3.05, 3.63) is 11.8 Å². The molecule has 0 aromatic carbocycles. The fourth-order valence-corrected chi connectivity index (χ4v) is 3.32. The highest BCUT2D eigenvalue weighted by Gasteiger charge is 2.29. The summed E-state index contributed by atoms with van der Waals surface area (Å²) in [6.45, 7) is 0. The van der Waals surface area contributed by atoms with Gasteiger partial charge in [-0.1, -0.05) is 0 Å². The number of hydrogen-bond acceptors (Lipinski definition) is 5. The molecule has 7 nitrogen and oxygen atoms in total. The number of aromatic amines is 1. The minimum atomic E-state index is -2.99. The summed E-state index contributed by atoms with van der Waals surface area (Å²) in [6, 6.07) is -0.327. The summed E-state index contributed by atoms with van der Waals surface area (Å²) < 4.78 is 22.4. The van der Waals surface area contributed by atoms with E-state index in [9.17, 15) is 13.2 Å². The van der Waals surface area contributed by atoms with Crippen LogP contribution in [-0.4, -0.2) is 42.1 Å². The lowest BCUT2D eigenvalue weighted by Gasteiger charge is -2.09. The molecule has 0 aliphatic carbocycles. The van der Waals surface area contributed by atoms with Crippen molar-refractivity contribution in [2.24, 2.45) is 0 Å². The van der Waals surface area contributed by atoms with Crippen molar-refractivity contribution in [1.82, 2.24) is 15.5 Å². The molecule has 1 fully saturated rings. The van der Waals surface area contributed by atoms with Crippen LogP contribution in [0.5, 0.6) is 0 Å². The number of hydrogen-bond donors (Lipinski definition) is 3. The predicted octanol–water partition coefficient (Wildman–Crippen LogP) is -1.09. The van der Waals surface area contributed by atoms with Gasteiger partial charge >= 0.3 is 0 Å². The number of carbonyl (C=O) groups is 1. The second-order valence-electron chi connectivity index (χ2n) is 3.77. The van der Waals surface area contributed by atoms with E-state index < -0.39 is 15.7 Å². The normalized spacial score (nSPS) is 23.1. The molecule has 2 heterocycles. The molecule has 1 aliphatic rings. The number of nitrogens with one attached hydrogen (secondary N) is 2. The SMILES string of the molecule is Nc1[nH]ncc1C(=O)NC1CCS(=O)(=O)C1. The summed E-state index contributed by atoms with van der Waals surface area (Å²) >= 11 is 0. The quantitative estimate of drug-likeness (QED) is 0.611. The Balaban J connectivity index is 2.02. The molecule has 16 heavy (non-hydrogen) atoms. The minimum Gasteiger partial charge on any atom is -0.383 e. The molecule has 0 bridgehead atoms. The van der Waals surface area contributed by atoms with Crippen molar-refractivity contribution in [3.63, 3.8) is 0 Å². The molecule has 4 N–H and O–H groups in total. The smallest absolute Gasteiger partial charge is 0.256 e. The van der Waals surface area contributed by atoms with Crippen LogP contribution in [0, 0.1) is 0 Å². The Morgan fingerprint density at radius 3 is 2.88 bits per heavy atom. The van der Waals surface area contributed by atoms with Crippen LogP contribution in [0.25, 0.3) is 0 Å². The Morgan fingerprint density at radius 1 is 1.62 bits per heavy atom.